The van der Waals surface area contributed by atoms with E-state index in [1.807, 2.05) is 0 Å². The molecule has 1 fully saturated rings. The van der Waals surface area contributed by atoms with Gasteiger partial charge < -0.3 is 10.2 Å². The molecule has 2 heterocycles. The first-order valence-corrected chi connectivity index (χ1v) is 7.80. The van der Waals surface area contributed by atoms with Crippen LogP contribution >= 0.6 is 0 Å². The van der Waals surface area contributed by atoms with Gasteiger partial charge in [-0.3, -0.25) is 4.90 Å². The average molecular weight is 303 g/mol. The van der Waals surface area contributed by atoms with Crippen molar-refractivity contribution in [3.63, 3.8) is 0 Å². The number of nitrogens with zero attached hydrogens (tertiary/aromatic N) is 2. The molecule has 3 rings (SSSR count). The number of oxazole rings is 1. The summed E-state index contributed by atoms with van der Waals surface area (Å²) >= 11 is 0. The zero-order chi connectivity index (χ0) is 15.5. The molecule has 0 aliphatic carbocycles. The van der Waals surface area contributed by atoms with E-state index in [0.29, 0.717) is 24.0 Å². The predicted molar refractivity (Wildman–Crippen MR) is 83.5 cm³/mol. The van der Waals surface area contributed by atoms with Crippen LogP contribution in [0.4, 0.5) is 4.39 Å². The summed E-state index contributed by atoms with van der Waals surface area (Å²) < 4.78 is 18.8. The van der Waals surface area contributed by atoms with E-state index in [0.717, 1.165) is 31.1 Å². The molecule has 2 aromatic rings. The molecule has 118 valence electrons. The lowest BCUT2D eigenvalue weighted by Gasteiger charge is -2.37. The van der Waals surface area contributed by atoms with Crippen molar-refractivity contribution in [1.29, 1.82) is 0 Å². The first kappa shape index (κ1) is 15.2. The molecule has 1 aliphatic heterocycles. The van der Waals surface area contributed by atoms with E-state index in [2.05, 4.69) is 16.8 Å². The second-order valence-electron chi connectivity index (χ2n) is 6.14. The molecule has 2 N–H and O–H groups in total. The summed E-state index contributed by atoms with van der Waals surface area (Å²) in [5, 5.41) is 0. The summed E-state index contributed by atoms with van der Waals surface area (Å²) in [5.41, 5.74) is 7.42. The van der Waals surface area contributed by atoms with Gasteiger partial charge >= 0.3 is 0 Å². The summed E-state index contributed by atoms with van der Waals surface area (Å²) in [6.07, 6.45) is 3.97. The molecule has 22 heavy (non-hydrogen) atoms. The van der Waals surface area contributed by atoms with Gasteiger partial charge in [-0.1, -0.05) is 13.0 Å². The van der Waals surface area contributed by atoms with E-state index in [1.54, 1.807) is 18.4 Å². The lowest BCUT2D eigenvalue weighted by Crippen LogP contribution is -2.45. The second-order valence-corrected chi connectivity index (χ2v) is 6.14. The van der Waals surface area contributed by atoms with Crippen molar-refractivity contribution in [3.8, 4) is 11.5 Å². The average Bonchev–Trinajstić information content (AvgIpc) is 2.97. The molecule has 0 amide bonds. The Bertz CT molecular complexity index is 628. The summed E-state index contributed by atoms with van der Waals surface area (Å²) in [7, 11) is 0. The summed E-state index contributed by atoms with van der Waals surface area (Å²) in [5.74, 6) is 0.902. The van der Waals surface area contributed by atoms with Crippen LogP contribution in [0, 0.1) is 11.7 Å². The Morgan fingerprint density at radius 1 is 1.45 bits per heavy atom. The molecule has 1 aromatic carbocycles. The maximum Gasteiger partial charge on any atom is 0.226 e. The highest BCUT2D eigenvalue weighted by Gasteiger charge is 2.26. The predicted octanol–water partition coefficient (Wildman–Crippen LogP) is 3.04. The smallest absolute Gasteiger partial charge is 0.226 e. The fourth-order valence-corrected chi connectivity index (χ4v) is 3.10. The Hall–Kier alpha value is -1.72. The number of aromatic nitrogens is 1. The van der Waals surface area contributed by atoms with E-state index in [9.17, 15) is 4.39 Å². The fraction of sp³-hybridized carbons (Fsp3) is 0.471. The quantitative estimate of drug-likeness (QED) is 0.943. The van der Waals surface area contributed by atoms with Crippen LogP contribution in [0.15, 0.2) is 34.9 Å². The minimum atomic E-state index is -0.287. The molecule has 1 saturated heterocycles. The fourth-order valence-electron chi connectivity index (χ4n) is 3.10. The number of likely N-dealkylation sites (tertiary alicyclic amines) is 1. The van der Waals surface area contributed by atoms with Gasteiger partial charge in [0.05, 0.1) is 5.69 Å². The highest BCUT2D eigenvalue weighted by molar-refractivity contribution is 5.52. The van der Waals surface area contributed by atoms with Crippen molar-refractivity contribution in [3.05, 3.63) is 42.0 Å². The number of piperidine rings is 1. The minimum absolute atomic E-state index is 0.287. The molecule has 2 atom stereocenters. The van der Waals surface area contributed by atoms with Gasteiger partial charge in [-0.25, -0.2) is 9.37 Å². The molecule has 1 aromatic heterocycles. The number of nitrogens with two attached hydrogens (primary N) is 1. The molecular weight excluding hydrogens is 281 g/mol. The van der Waals surface area contributed by atoms with E-state index in [-0.39, 0.29) is 5.82 Å². The lowest BCUT2D eigenvalue weighted by atomic mass is 9.92. The van der Waals surface area contributed by atoms with Crippen LogP contribution in [0.2, 0.25) is 0 Å². The van der Waals surface area contributed by atoms with Crippen LogP contribution in [-0.4, -0.2) is 29.0 Å². The van der Waals surface area contributed by atoms with Crippen molar-refractivity contribution in [2.75, 3.05) is 13.1 Å². The SMILES string of the molecule is CC1CCN(Cc2coc(-c3cccc(F)c3)n2)C(CN)C1. The largest absolute Gasteiger partial charge is 0.444 e. The van der Waals surface area contributed by atoms with E-state index < -0.39 is 0 Å². The highest BCUT2D eigenvalue weighted by Crippen LogP contribution is 2.25. The van der Waals surface area contributed by atoms with Crippen LogP contribution in [0.5, 0.6) is 0 Å². The molecular formula is C17H22FN3O. The number of benzene rings is 1. The summed E-state index contributed by atoms with van der Waals surface area (Å²) in [6, 6.07) is 6.70. The van der Waals surface area contributed by atoms with Crippen molar-refractivity contribution < 1.29 is 8.81 Å². The van der Waals surface area contributed by atoms with Crippen LogP contribution in [0.1, 0.15) is 25.5 Å². The topological polar surface area (TPSA) is 55.3 Å². The number of hydrogen-bond acceptors (Lipinski definition) is 4. The van der Waals surface area contributed by atoms with Gasteiger partial charge in [-0.2, -0.15) is 0 Å². The van der Waals surface area contributed by atoms with Gasteiger partial charge in [0.1, 0.15) is 12.1 Å². The highest BCUT2D eigenvalue weighted by atomic mass is 19.1. The molecule has 4 nitrogen and oxygen atoms in total. The Morgan fingerprint density at radius 2 is 2.32 bits per heavy atom. The monoisotopic (exact) mass is 303 g/mol. The third-order valence-corrected chi connectivity index (χ3v) is 4.36. The van der Waals surface area contributed by atoms with E-state index >= 15 is 0 Å². The normalized spacial score (nSPS) is 22.9. The second kappa shape index (κ2) is 6.58. The molecule has 2 unspecified atom stereocenters. The van der Waals surface area contributed by atoms with Gasteiger partial charge in [0, 0.05) is 24.7 Å². The van der Waals surface area contributed by atoms with Crippen LogP contribution < -0.4 is 5.73 Å². The number of rotatable bonds is 4. The van der Waals surface area contributed by atoms with Crippen molar-refractivity contribution in [1.82, 2.24) is 9.88 Å². The minimum Gasteiger partial charge on any atom is -0.444 e. The van der Waals surface area contributed by atoms with Gasteiger partial charge in [0.15, 0.2) is 0 Å². The Morgan fingerprint density at radius 3 is 3.09 bits per heavy atom. The first-order valence-electron chi connectivity index (χ1n) is 7.80. The van der Waals surface area contributed by atoms with E-state index in [4.69, 9.17) is 10.2 Å². The Balaban J connectivity index is 1.71. The first-order chi connectivity index (χ1) is 10.7. The molecule has 5 heteroatoms. The van der Waals surface area contributed by atoms with Gasteiger partial charge in [0.2, 0.25) is 5.89 Å². The molecule has 0 saturated carbocycles. The number of hydrogen-bond donors (Lipinski definition) is 1. The van der Waals surface area contributed by atoms with Crippen LogP contribution in [-0.2, 0) is 6.54 Å². The third kappa shape index (κ3) is 3.36. The third-order valence-electron chi connectivity index (χ3n) is 4.36. The van der Waals surface area contributed by atoms with Crippen LogP contribution in [0.3, 0.4) is 0 Å². The van der Waals surface area contributed by atoms with Crippen molar-refractivity contribution in [2.24, 2.45) is 11.7 Å². The maximum atomic E-state index is 13.3. The van der Waals surface area contributed by atoms with Gasteiger partial charge in [-0.15, -0.1) is 0 Å². The summed E-state index contributed by atoms with van der Waals surface area (Å²) in [6.45, 7) is 4.70. The molecule has 0 radical (unpaired) electrons. The van der Waals surface area contributed by atoms with Crippen molar-refractivity contribution >= 4 is 0 Å². The maximum absolute atomic E-state index is 13.3. The lowest BCUT2D eigenvalue weighted by molar-refractivity contribution is 0.114. The van der Waals surface area contributed by atoms with Gasteiger partial charge in [-0.05, 0) is 43.5 Å². The Kier molecular flexibility index (Phi) is 4.55. The molecule has 1 aliphatic rings. The van der Waals surface area contributed by atoms with Crippen molar-refractivity contribution in [2.45, 2.75) is 32.4 Å². The van der Waals surface area contributed by atoms with Crippen LogP contribution in [0.25, 0.3) is 11.5 Å². The Labute approximate surface area is 130 Å². The molecule has 0 bridgehead atoms. The van der Waals surface area contributed by atoms with E-state index in [1.165, 1.54) is 18.6 Å². The standard InChI is InChI=1S/C17H22FN3O/c1-12-5-6-21(16(7-12)9-19)10-15-11-22-17(20-15)13-3-2-4-14(18)8-13/h2-4,8,11-12,16H,5-7,9-10,19H2,1H3. The number of halogens is 1. The zero-order valence-electron chi connectivity index (χ0n) is 12.8. The van der Waals surface area contributed by atoms with Gasteiger partial charge in [0.25, 0.3) is 0 Å². The summed E-state index contributed by atoms with van der Waals surface area (Å²) in [4.78, 5) is 6.86. The molecule has 0 spiro atoms. The zero-order valence-corrected chi connectivity index (χ0v) is 12.8.